The van der Waals surface area contributed by atoms with Gasteiger partial charge >= 0.3 is 0 Å². The Morgan fingerprint density at radius 3 is 2.70 bits per heavy atom. The molecule has 0 bridgehead atoms. The Morgan fingerprint density at radius 2 is 1.91 bits per heavy atom. The number of ether oxygens (including phenoxy) is 1. The first-order chi connectivity index (χ1) is 16.2. The van der Waals surface area contributed by atoms with E-state index in [1.807, 2.05) is 12.3 Å². The van der Waals surface area contributed by atoms with E-state index in [1.54, 1.807) is 7.11 Å². The molecule has 3 aromatic rings. The third-order valence-electron chi connectivity index (χ3n) is 6.92. The lowest BCUT2D eigenvalue weighted by Gasteiger charge is -2.27. The standard InChI is InChI=1S/C25H28N6O2/c1-33-22-11-17(13-26-23(22)24(32)19-12-20(19)25-27-29-30-28-25)31(14-15-9-10-15)21-8-4-6-16-5-2-3-7-18(16)21/h2-8,11,13,15,19-20,25,27-30H,9-10,12,14H2,1H3. The second kappa shape index (κ2) is 8.39. The minimum Gasteiger partial charge on any atom is -0.494 e. The normalized spacial score (nSPS) is 22.5. The van der Waals surface area contributed by atoms with Crippen LogP contribution in [-0.4, -0.2) is 30.6 Å². The third-order valence-corrected chi connectivity index (χ3v) is 6.92. The molecule has 2 aromatic carbocycles. The number of hydrazine groups is 3. The second-order valence-corrected chi connectivity index (χ2v) is 9.18. The van der Waals surface area contributed by atoms with E-state index in [4.69, 9.17) is 4.74 Å². The maximum Gasteiger partial charge on any atom is 0.188 e. The van der Waals surface area contributed by atoms with Gasteiger partial charge in [0.05, 0.1) is 25.2 Å². The van der Waals surface area contributed by atoms with Crippen molar-refractivity contribution in [3.63, 3.8) is 0 Å². The van der Waals surface area contributed by atoms with Crippen molar-refractivity contribution in [2.45, 2.75) is 25.4 Å². The van der Waals surface area contributed by atoms with Gasteiger partial charge < -0.3 is 9.64 Å². The molecule has 33 heavy (non-hydrogen) atoms. The van der Waals surface area contributed by atoms with Crippen LogP contribution < -0.4 is 31.6 Å². The van der Waals surface area contributed by atoms with Gasteiger partial charge in [-0.1, -0.05) is 36.4 Å². The van der Waals surface area contributed by atoms with Crippen LogP contribution >= 0.6 is 0 Å². The number of aromatic nitrogens is 1. The number of carbonyl (C=O) groups is 1. The zero-order chi connectivity index (χ0) is 22.4. The molecule has 1 aliphatic heterocycles. The Kier molecular flexibility index (Phi) is 5.22. The van der Waals surface area contributed by atoms with Crippen LogP contribution in [0.4, 0.5) is 11.4 Å². The van der Waals surface area contributed by atoms with Crippen molar-refractivity contribution in [1.82, 2.24) is 26.9 Å². The van der Waals surface area contributed by atoms with Crippen LogP contribution in [0.3, 0.4) is 0 Å². The minimum atomic E-state index is -0.0652. The zero-order valence-corrected chi connectivity index (χ0v) is 18.5. The van der Waals surface area contributed by atoms with E-state index in [0.29, 0.717) is 17.4 Å². The van der Waals surface area contributed by atoms with Gasteiger partial charge in [-0.25, -0.2) is 15.8 Å². The summed E-state index contributed by atoms with van der Waals surface area (Å²) in [6.45, 7) is 0.926. The molecular weight excluding hydrogens is 416 g/mol. The van der Waals surface area contributed by atoms with E-state index in [0.717, 1.165) is 24.3 Å². The maximum absolute atomic E-state index is 13.2. The Bertz CT molecular complexity index is 1190. The average Bonchev–Trinajstić information content (AvgIpc) is 3.79. The summed E-state index contributed by atoms with van der Waals surface area (Å²) in [5.41, 5.74) is 14.3. The van der Waals surface area contributed by atoms with E-state index < -0.39 is 0 Å². The van der Waals surface area contributed by atoms with Crippen molar-refractivity contribution in [1.29, 1.82) is 0 Å². The van der Waals surface area contributed by atoms with Gasteiger partial charge in [0.1, 0.15) is 11.4 Å². The van der Waals surface area contributed by atoms with E-state index in [1.165, 1.54) is 23.6 Å². The number of fused-ring (bicyclic) bond motifs is 1. The molecule has 170 valence electrons. The Hall–Kier alpha value is -3.04. The van der Waals surface area contributed by atoms with Crippen molar-refractivity contribution in [2.75, 3.05) is 18.6 Å². The van der Waals surface area contributed by atoms with Crippen LogP contribution in [0.1, 0.15) is 29.8 Å². The molecule has 2 atom stereocenters. The molecule has 2 aliphatic carbocycles. The molecule has 1 aromatic heterocycles. The quantitative estimate of drug-likeness (QED) is 0.394. The van der Waals surface area contributed by atoms with Crippen molar-refractivity contribution in [3.05, 3.63) is 60.4 Å². The van der Waals surface area contributed by atoms with Crippen molar-refractivity contribution in [2.24, 2.45) is 17.8 Å². The van der Waals surface area contributed by atoms with Gasteiger partial charge in [-0.2, -0.15) is 11.1 Å². The van der Waals surface area contributed by atoms with Gasteiger partial charge in [-0.15, -0.1) is 0 Å². The van der Waals surface area contributed by atoms with Gasteiger partial charge in [-0.3, -0.25) is 4.79 Å². The van der Waals surface area contributed by atoms with Crippen molar-refractivity contribution in [3.8, 4) is 5.75 Å². The summed E-state index contributed by atoms with van der Waals surface area (Å²) in [4.78, 5) is 20.2. The molecule has 2 saturated carbocycles. The molecule has 2 heterocycles. The van der Waals surface area contributed by atoms with Crippen LogP contribution in [0.15, 0.2) is 54.7 Å². The molecule has 3 fully saturated rings. The Balaban J connectivity index is 1.32. The molecule has 8 nitrogen and oxygen atoms in total. The number of Topliss-reactive ketones (excluding diaryl/α,β-unsaturated/α-hetero) is 1. The molecular formula is C25H28N6O2. The highest BCUT2D eigenvalue weighted by Gasteiger charge is 2.49. The largest absolute Gasteiger partial charge is 0.494 e. The molecule has 0 radical (unpaired) electrons. The van der Waals surface area contributed by atoms with E-state index in [2.05, 4.69) is 74.3 Å². The van der Waals surface area contributed by atoms with Crippen LogP contribution in [0.5, 0.6) is 5.75 Å². The van der Waals surface area contributed by atoms with Crippen LogP contribution in [0, 0.1) is 17.8 Å². The molecule has 4 N–H and O–H groups in total. The van der Waals surface area contributed by atoms with E-state index >= 15 is 0 Å². The van der Waals surface area contributed by atoms with E-state index in [-0.39, 0.29) is 23.8 Å². The summed E-state index contributed by atoms with van der Waals surface area (Å²) in [5.74, 6) is 1.40. The summed E-state index contributed by atoms with van der Waals surface area (Å²) >= 11 is 0. The number of hydrogen-bond acceptors (Lipinski definition) is 8. The lowest BCUT2D eigenvalue weighted by molar-refractivity contribution is 0.0949. The minimum absolute atomic E-state index is 0.0182. The van der Waals surface area contributed by atoms with Gasteiger partial charge in [-0.05, 0) is 36.6 Å². The fraction of sp³-hybridized carbons (Fsp3) is 0.360. The number of anilines is 2. The van der Waals surface area contributed by atoms with Crippen LogP contribution in [0.2, 0.25) is 0 Å². The van der Waals surface area contributed by atoms with Gasteiger partial charge in [0, 0.05) is 35.5 Å². The predicted molar refractivity (Wildman–Crippen MR) is 127 cm³/mol. The maximum atomic E-state index is 13.2. The van der Waals surface area contributed by atoms with E-state index in [9.17, 15) is 4.79 Å². The fourth-order valence-electron chi connectivity index (χ4n) is 4.81. The SMILES string of the molecule is COc1cc(N(CC2CC2)c2cccc3ccccc23)cnc1C(=O)C1CC1C1NNNN1. The highest BCUT2D eigenvalue weighted by atomic mass is 16.5. The number of methoxy groups -OCH3 is 1. The summed E-state index contributed by atoms with van der Waals surface area (Å²) in [6, 6.07) is 16.8. The van der Waals surface area contributed by atoms with Crippen molar-refractivity contribution < 1.29 is 9.53 Å². The smallest absolute Gasteiger partial charge is 0.188 e. The number of pyridine rings is 1. The zero-order valence-electron chi connectivity index (χ0n) is 18.5. The number of ketones is 1. The molecule has 6 rings (SSSR count). The molecule has 0 spiro atoms. The summed E-state index contributed by atoms with van der Waals surface area (Å²) in [6.07, 6.45) is 5.16. The number of rotatable bonds is 8. The first-order valence-corrected chi connectivity index (χ1v) is 11.6. The number of benzene rings is 2. The van der Waals surface area contributed by atoms with Crippen molar-refractivity contribution >= 4 is 27.9 Å². The summed E-state index contributed by atoms with van der Waals surface area (Å²) < 4.78 is 5.67. The number of nitrogens with zero attached hydrogens (tertiary/aromatic N) is 2. The predicted octanol–water partition coefficient (Wildman–Crippen LogP) is 3.05. The lowest BCUT2D eigenvalue weighted by Crippen LogP contribution is -2.37. The highest BCUT2D eigenvalue weighted by Crippen LogP contribution is 2.45. The van der Waals surface area contributed by atoms with Crippen LogP contribution in [0.25, 0.3) is 10.8 Å². The van der Waals surface area contributed by atoms with Crippen LogP contribution in [-0.2, 0) is 0 Å². The summed E-state index contributed by atoms with van der Waals surface area (Å²) in [7, 11) is 1.61. The van der Waals surface area contributed by atoms with Gasteiger partial charge in [0.2, 0.25) is 0 Å². The average molecular weight is 445 g/mol. The highest BCUT2D eigenvalue weighted by molar-refractivity contribution is 6.01. The molecule has 0 amide bonds. The second-order valence-electron chi connectivity index (χ2n) is 9.18. The molecule has 1 saturated heterocycles. The number of carbonyl (C=O) groups excluding carboxylic acids is 1. The van der Waals surface area contributed by atoms with Gasteiger partial charge in [0.25, 0.3) is 0 Å². The number of hydrogen-bond donors (Lipinski definition) is 4. The Morgan fingerprint density at radius 1 is 1.12 bits per heavy atom. The third kappa shape index (κ3) is 3.95. The molecule has 3 aliphatic rings. The topological polar surface area (TPSA) is 90.5 Å². The first-order valence-electron chi connectivity index (χ1n) is 11.6. The molecule has 8 heteroatoms. The molecule has 2 unspecified atom stereocenters. The summed E-state index contributed by atoms with van der Waals surface area (Å²) in [5, 5.41) is 2.42. The monoisotopic (exact) mass is 444 g/mol. The van der Waals surface area contributed by atoms with Gasteiger partial charge in [0.15, 0.2) is 5.78 Å². The fourth-order valence-corrected chi connectivity index (χ4v) is 4.81. The first kappa shape index (κ1) is 20.6. The lowest BCUT2D eigenvalue weighted by atomic mass is 10.1. The Labute approximate surface area is 192 Å². The number of nitrogens with one attached hydrogen (secondary N) is 4.